The van der Waals surface area contributed by atoms with Crippen LogP contribution in [0.3, 0.4) is 0 Å². The Balaban J connectivity index is 1.56. The fraction of sp³-hybridized carbons (Fsp3) is 0.348. The molecule has 0 amide bonds. The van der Waals surface area contributed by atoms with Gasteiger partial charge >= 0.3 is 0 Å². The zero-order chi connectivity index (χ0) is 22.4. The summed E-state index contributed by atoms with van der Waals surface area (Å²) < 4.78 is 35.8. The van der Waals surface area contributed by atoms with Crippen molar-refractivity contribution in [3.63, 3.8) is 0 Å². The first-order valence-electron chi connectivity index (χ1n) is 9.77. The van der Waals surface area contributed by atoms with Gasteiger partial charge in [0.15, 0.2) is 17.4 Å². The molecule has 1 heterocycles. The molecule has 1 aliphatic heterocycles. The molecule has 1 saturated heterocycles. The van der Waals surface area contributed by atoms with Crippen LogP contribution in [0, 0.1) is 5.82 Å². The van der Waals surface area contributed by atoms with Crippen molar-refractivity contribution in [2.45, 2.75) is 32.3 Å². The number of anilines is 1. The molecule has 166 valence electrons. The minimum atomic E-state index is -0.651. The molecule has 0 aromatic heterocycles. The van der Waals surface area contributed by atoms with Crippen LogP contribution in [0.2, 0.25) is 0 Å². The highest BCUT2D eigenvalue weighted by Gasteiger charge is 2.31. The van der Waals surface area contributed by atoms with E-state index in [9.17, 15) is 4.39 Å². The SMILES string of the molecule is C=C(OC)N(C)c1ccc(COc2cc(F)cc(O/N=C/[C@@H]3COC(C)(C)O3)c2)cc1. The van der Waals surface area contributed by atoms with E-state index in [1.54, 1.807) is 13.2 Å². The van der Waals surface area contributed by atoms with Crippen LogP contribution in [0.15, 0.2) is 60.1 Å². The maximum absolute atomic E-state index is 14.0. The molecule has 2 aromatic rings. The number of oxime groups is 1. The van der Waals surface area contributed by atoms with Crippen LogP contribution in [0.4, 0.5) is 10.1 Å². The lowest BCUT2D eigenvalue weighted by molar-refractivity contribution is -0.131. The van der Waals surface area contributed by atoms with E-state index in [1.165, 1.54) is 18.3 Å². The normalized spacial score (nSPS) is 17.5. The van der Waals surface area contributed by atoms with E-state index < -0.39 is 11.6 Å². The number of benzene rings is 2. The Hall–Kier alpha value is -3.10. The van der Waals surface area contributed by atoms with E-state index in [0.29, 0.717) is 18.2 Å². The first-order chi connectivity index (χ1) is 14.8. The van der Waals surface area contributed by atoms with Crippen molar-refractivity contribution in [1.29, 1.82) is 0 Å². The van der Waals surface area contributed by atoms with Gasteiger partial charge < -0.3 is 28.7 Å². The molecule has 0 radical (unpaired) electrons. The third kappa shape index (κ3) is 6.44. The average Bonchev–Trinajstić information content (AvgIpc) is 3.09. The van der Waals surface area contributed by atoms with Gasteiger partial charge in [0.1, 0.15) is 24.3 Å². The smallest absolute Gasteiger partial charge is 0.185 e. The summed E-state index contributed by atoms with van der Waals surface area (Å²) in [6.07, 6.45) is 1.17. The summed E-state index contributed by atoms with van der Waals surface area (Å²) in [6, 6.07) is 11.8. The van der Waals surface area contributed by atoms with E-state index in [4.69, 9.17) is 23.8 Å². The Morgan fingerprint density at radius 2 is 1.97 bits per heavy atom. The first kappa shape index (κ1) is 22.6. The molecule has 0 spiro atoms. The molecule has 0 bridgehead atoms. The lowest BCUT2D eigenvalue weighted by Crippen LogP contribution is -2.22. The van der Waals surface area contributed by atoms with Crippen LogP contribution in [0.25, 0.3) is 0 Å². The topological polar surface area (TPSA) is 61.8 Å². The van der Waals surface area contributed by atoms with E-state index >= 15 is 0 Å². The summed E-state index contributed by atoms with van der Waals surface area (Å²) in [5, 5.41) is 3.86. The van der Waals surface area contributed by atoms with Crippen LogP contribution >= 0.6 is 0 Å². The van der Waals surface area contributed by atoms with E-state index in [0.717, 1.165) is 11.3 Å². The van der Waals surface area contributed by atoms with Crippen LogP contribution in [0.5, 0.6) is 11.5 Å². The number of nitrogens with zero attached hydrogens (tertiary/aromatic N) is 2. The van der Waals surface area contributed by atoms with Crippen molar-refractivity contribution >= 4 is 11.9 Å². The Labute approximate surface area is 181 Å². The van der Waals surface area contributed by atoms with Crippen molar-refractivity contribution in [2.75, 3.05) is 25.7 Å². The van der Waals surface area contributed by atoms with Crippen LogP contribution in [0.1, 0.15) is 19.4 Å². The summed E-state index contributed by atoms with van der Waals surface area (Å²) >= 11 is 0. The van der Waals surface area contributed by atoms with Crippen molar-refractivity contribution < 1.29 is 28.2 Å². The van der Waals surface area contributed by atoms with Gasteiger partial charge in [0, 0.05) is 30.9 Å². The third-order valence-corrected chi connectivity index (χ3v) is 4.60. The quantitative estimate of drug-likeness (QED) is 0.332. The molecule has 1 fully saturated rings. The Morgan fingerprint density at radius 3 is 2.61 bits per heavy atom. The van der Waals surface area contributed by atoms with Gasteiger partial charge in [-0.05, 0) is 38.1 Å². The summed E-state index contributed by atoms with van der Waals surface area (Å²) in [4.78, 5) is 7.10. The predicted molar refractivity (Wildman–Crippen MR) is 116 cm³/mol. The number of hydrogen-bond acceptors (Lipinski definition) is 7. The second-order valence-corrected chi connectivity index (χ2v) is 7.45. The second-order valence-electron chi connectivity index (χ2n) is 7.45. The minimum Gasteiger partial charge on any atom is -0.489 e. The molecule has 1 atom stereocenters. The molecule has 3 rings (SSSR count). The largest absolute Gasteiger partial charge is 0.489 e. The van der Waals surface area contributed by atoms with Crippen LogP contribution in [-0.2, 0) is 20.8 Å². The molecule has 0 saturated carbocycles. The van der Waals surface area contributed by atoms with E-state index in [1.807, 2.05) is 50.1 Å². The first-order valence-corrected chi connectivity index (χ1v) is 9.77. The monoisotopic (exact) mass is 430 g/mol. The van der Waals surface area contributed by atoms with Gasteiger partial charge in [-0.15, -0.1) is 0 Å². The number of rotatable bonds is 9. The molecule has 0 N–H and O–H groups in total. The highest BCUT2D eigenvalue weighted by Crippen LogP contribution is 2.25. The lowest BCUT2D eigenvalue weighted by atomic mass is 10.2. The number of halogens is 1. The summed E-state index contributed by atoms with van der Waals surface area (Å²) in [5.41, 5.74) is 1.85. The van der Waals surface area contributed by atoms with Gasteiger partial charge in [0.2, 0.25) is 0 Å². The van der Waals surface area contributed by atoms with Crippen molar-refractivity contribution in [3.05, 3.63) is 66.3 Å². The number of methoxy groups -OCH3 is 1. The Morgan fingerprint density at radius 1 is 1.26 bits per heavy atom. The van der Waals surface area contributed by atoms with E-state index in [-0.39, 0.29) is 18.5 Å². The summed E-state index contributed by atoms with van der Waals surface area (Å²) in [7, 11) is 3.43. The maximum Gasteiger partial charge on any atom is 0.185 e. The maximum atomic E-state index is 14.0. The summed E-state index contributed by atoms with van der Waals surface area (Å²) in [6.45, 7) is 8.11. The Bertz CT molecular complexity index is 930. The van der Waals surface area contributed by atoms with E-state index in [2.05, 4.69) is 11.7 Å². The van der Waals surface area contributed by atoms with Crippen molar-refractivity contribution in [2.24, 2.45) is 5.16 Å². The molecular weight excluding hydrogens is 403 g/mol. The average molecular weight is 430 g/mol. The van der Waals surface area contributed by atoms with Crippen LogP contribution < -0.4 is 14.5 Å². The van der Waals surface area contributed by atoms with Crippen molar-refractivity contribution in [3.8, 4) is 11.5 Å². The fourth-order valence-electron chi connectivity index (χ4n) is 2.88. The van der Waals surface area contributed by atoms with Gasteiger partial charge in [-0.3, -0.25) is 0 Å². The Kier molecular flexibility index (Phi) is 7.14. The highest BCUT2D eigenvalue weighted by atomic mass is 19.1. The van der Waals surface area contributed by atoms with Crippen LogP contribution in [-0.4, -0.2) is 38.9 Å². The zero-order valence-corrected chi connectivity index (χ0v) is 18.1. The minimum absolute atomic E-state index is 0.222. The third-order valence-electron chi connectivity index (χ3n) is 4.60. The van der Waals surface area contributed by atoms with Gasteiger partial charge in [0.25, 0.3) is 0 Å². The van der Waals surface area contributed by atoms with Crippen molar-refractivity contribution in [1.82, 2.24) is 0 Å². The molecule has 2 aromatic carbocycles. The number of hydrogen-bond donors (Lipinski definition) is 0. The molecule has 0 aliphatic carbocycles. The molecule has 8 heteroatoms. The van der Waals surface area contributed by atoms with Gasteiger partial charge in [-0.25, -0.2) is 4.39 Å². The van der Waals surface area contributed by atoms with Gasteiger partial charge in [-0.2, -0.15) is 0 Å². The van der Waals surface area contributed by atoms with Gasteiger partial charge in [0.05, 0.1) is 19.9 Å². The molecular formula is C23H27FN2O5. The molecule has 1 aliphatic rings. The van der Waals surface area contributed by atoms with Gasteiger partial charge in [-0.1, -0.05) is 17.3 Å². The number of ether oxygens (including phenoxy) is 4. The zero-order valence-electron chi connectivity index (χ0n) is 18.1. The molecule has 7 nitrogen and oxygen atoms in total. The standard InChI is InChI=1S/C23H27FN2O5/c1-16(27-5)26(4)19-8-6-17(7-9-19)14-28-20-10-18(24)11-21(12-20)31-25-13-22-15-29-23(2,3)30-22/h6-13,22H,1,14-15H2,2-5H3/b25-13+/t22-/m1/s1. The highest BCUT2D eigenvalue weighted by molar-refractivity contribution is 5.63. The second kappa shape index (κ2) is 9.80. The molecule has 31 heavy (non-hydrogen) atoms. The molecule has 0 unspecified atom stereocenters. The predicted octanol–water partition coefficient (Wildman–Crippen LogP) is 4.47. The lowest BCUT2D eigenvalue weighted by Gasteiger charge is -2.20. The fourth-order valence-corrected chi connectivity index (χ4v) is 2.88. The summed E-state index contributed by atoms with van der Waals surface area (Å²) in [5.74, 6) is -0.0451.